The van der Waals surface area contributed by atoms with E-state index >= 15 is 0 Å². The molecule has 0 aliphatic carbocycles. The van der Waals surface area contributed by atoms with E-state index in [9.17, 15) is 9.59 Å². The highest BCUT2D eigenvalue weighted by molar-refractivity contribution is 5.37. The van der Waals surface area contributed by atoms with Crippen molar-refractivity contribution >= 4 is 0 Å². The Morgan fingerprint density at radius 3 is 2.63 bits per heavy atom. The minimum absolute atomic E-state index is 0.363. The number of aryl methyl sites for hydroxylation is 2. The van der Waals surface area contributed by atoms with Crippen LogP contribution in [0.2, 0.25) is 0 Å². The molecule has 1 aromatic heterocycles. The number of nitrogens with one attached hydrogen (secondary N) is 1. The van der Waals surface area contributed by atoms with Gasteiger partial charge in [-0.15, -0.1) is 0 Å². The zero-order valence-electron chi connectivity index (χ0n) is 10.7. The van der Waals surface area contributed by atoms with E-state index in [4.69, 9.17) is 5.26 Å². The van der Waals surface area contributed by atoms with E-state index in [0.717, 1.165) is 11.1 Å². The molecule has 19 heavy (non-hydrogen) atoms. The summed E-state index contributed by atoms with van der Waals surface area (Å²) in [4.78, 5) is 25.2. The van der Waals surface area contributed by atoms with E-state index in [0.29, 0.717) is 17.7 Å². The standard InChI is InChI=1S/C14H13N3O2/c1-9-5-11(6-15)3-4-12(9)8-17-7-10(2)13(18)16-14(17)19/h3-5,7H,8H2,1-2H3,(H,16,18,19). The van der Waals surface area contributed by atoms with Gasteiger partial charge in [0.05, 0.1) is 18.2 Å². The normalized spacial score (nSPS) is 10.2. The van der Waals surface area contributed by atoms with Crippen LogP contribution in [-0.4, -0.2) is 9.55 Å². The van der Waals surface area contributed by atoms with Gasteiger partial charge in [-0.3, -0.25) is 14.3 Å². The summed E-state index contributed by atoms with van der Waals surface area (Å²) >= 11 is 0. The van der Waals surface area contributed by atoms with E-state index in [1.807, 2.05) is 13.0 Å². The lowest BCUT2D eigenvalue weighted by molar-refractivity contribution is 0.710. The van der Waals surface area contributed by atoms with Gasteiger partial charge >= 0.3 is 5.69 Å². The van der Waals surface area contributed by atoms with Crippen molar-refractivity contribution in [3.05, 3.63) is 67.5 Å². The van der Waals surface area contributed by atoms with Crippen LogP contribution in [-0.2, 0) is 6.54 Å². The van der Waals surface area contributed by atoms with E-state index in [-0.39, 0.29) is 5.56 Å². The van der Waals surface area contributed by atoms with Gasteiger partial charge in [0.15, 0.2) is 0 Å². The minimum atomic E-state index is -0.431. The molecule has 0 bridgehead atoms. The van der Waals surface area contributed by atoms with Gasteiger partial charge in [0, 0.05) is 11.8 Å². The number of benzene rings is 1. The lowest BCUT2D eigenvalue weighted by Gasteiger charge is -2.09. The monoisotopic (exact) mass is 255 g/mol. The first-order valence-corrected chi connectivity index (χ1v) is 5.81. The number of aromatic amines is 1. The van der Waals surface area contributed by atoms with Gasteiger partial charge in [0.1, 0.15) is 0 Å². The van der Waals surface area contributed by atoms with Crippen molar-refractivity contribution in [2.24, 2.45) is 0 Å². The number of hydrogen-bond donors (Lipinski definition) is 1. The number of rotatable bonds is 2. The molecule has 5 nitrogen and oxygen atoms in total. The van der Waals surface area contributed by atoms with Crippen molar-refractivity contribution in [3.63, 3.8) is 0 Å². The Morgan fingerprint density at radius 2 is 2.00 bits per heavy atom. The molecule has 0 radical (unpaired) electrons. The lowest BCUT2D eigenvalue weighted by atomic mass is 10.1. The highest BCUT2D eigenvalue weighted by atomic mass is 16.2. The maximum absolute atomic E-state index is 11.7. The molecule has 0 saturated heterocycles. The number of nitriles is 1. The molecule has 0 amide bonds. The predicted octanol–water partition coefficient (Wildman–Crippen LogP) is 1.07. The maximum Gasteiger partial charge on any atom is 0.328 e. The predicted molar refractivity (Wildman–Crippen MR) is 71.1 cm³/mol. The number of hydrogen-bond acceptors (Lipinski definition) is 3. The van der Waals surface area contributed by atoms with Crippen LogP contribution in [0, 0.1) is 25.2 Å². The quantitative estimate of drug-likeness (QED) is 0.871. The van der Waals surface area contributed by atoms with Gasteiger partial charge < -0.3 is 0 Å². The molecule has 0 aliphatic heterocycles. The second-order valence-electron chi connectivity index (χ2n) is 4.45. The first-order valence-electron chi connectivity index (χ1n) is 5.81. The molecule has 1 heterocycles. The van der Waals surface area contributed by atoms with Gasteiger partial charge in [-0.05, 0) is 37.1 Å². The van der Waals surface area contributed by atoms with E-state index < -0.39 is 5.69 Å². The highest BCUT2D eigenvalue weighted by Crippen LogP contribution is 2.11. The molecule has 2 aromatic rings. The van der Waals surface area contributed by atoms with E-state index in [1.165, 1.54) is 4.57 Å². The molecule has 0 saturated carbocycles. The van der Waals surface area contributed by atoms with Gasteiger partial charge in [-0.2, -0.15) is 5.26 Å². The molecular formula is C14H13N3O2. The molecule has 0 fully saturated rings. The first kappa shape index (κ1) is 12.8. The molecule has 0 unspecified atom stereocenters. The van der Waals surface area contributed by atoms with Crippen molar-refractivity contribution in [2.45, 2.75) is 20.4 Å². The van der Waals surface area contributed by atoms with Gasteiger partial charge in [-0.1, -0.05) is 6.07 Å². The average molecular weight is 255 g/mol. The van der Waals surface area contributed by atoms with Crippen LogP contribution in [0.1, 0.15) is 22.3 Å². The Bertz CT molecular complexity index is 778. The van der Waals surface area contributed by atoms with Gasteiger partial charge in [0.2, 0.25) is 0 Å². The Morgan fingerprint density at radius 1 is 1.26 bits per heavy atom. The topological polar surface area (TPSA) is 78.7 Å². The van der Waals surface area contributed by atoms with Gasteiger partial charge in [-0.25, -0.2) is 4.79 Å². The van der Waals surface area contributed by atoms with Crippen molar-refractivity contribution in [1.29, 1.82) is 5.26 Å². The van der Waals surface area contributed by atoms with Crippen LogP contribution in [0.15, 0.2) is 34.0 Å². The minimum Gasteiger partial charge on any atom is -0.296 e. The van der Waals surface area contributed by atoms with Gasteiger partial charge in [0.25, 0.3) is 5.56 Å². The zero-order valence-corrected chi connectivity index (χ0v) is 10.7. The molecular weight excluding hydrogens is 242 g/mol. The number of H-pyrrole nitrogens is 1. The maximum atomic E-state index is 11.7. The molecule has 1 aromatic carbocycles. The third-order valence-corrected chi connectivity index (χ3v) is 3.00. The fourth-order valence-corrected chi connectivity index (χ4v) is 1.86. The highest BCUT2D eigenvalue weighted by Gasteiger charge is 2.04. The van der Waals surface area contributed by atoms with Crippen molar-refractivity contribution in [1.82, 2.24) is 9.55 Å². The summed E-state index contributed by atoms with van der Waals surface area (Å²) < 4.78 is 1.45. The smallest absolute Gasteiger partial charge is 0.296 e. The summed E-state index contributed by atoms with van der Waals surface area (Å²) in [6, 6.07) is 7.38. The average Bonchev–Trinajstić information content (AvgIpc) is 2.38. The van der Waals surface area contributed by atoms with Crippen molar-refractivity contribution in [2.75, 3.05) is 0 Å². The van der Waals surface area contributed by atoms with Crippen molar-refractivity contribution in [3.8, 4) is 6.07 Å². The molecule has 0 atom stereocenters. The molecule has 96 valence electrons. The Hall–Kier alpha value is -2.61. The second kappa shape index (κ2) is 4.94. The van der Waals surface area contributed by atoms with Crippen LogP contribution in [0.4, 0.5) is 0 Å². The zero-order chi connectivity index (χ0) is 14.0. The van der Waals surface area contributed by atoms with Crippen LogP contribution >= 0.6 is 0 Å². The molecule has 0 spiro atoms. The van der Waals surface area contributed by atoms with E-state index in [1.54, 1.807) is 25.3 Å². The third kappa shape index (κ3) is 2.63. The summed E-state index contributed by atoms with van der Waals surface area (Å²) in [7, 11) is 0. The van der Waals surface area contributed by atoms with E-state index in [2.05, 4.69) is 11.1 Å². The summed E-state index contributed by atoms with van der Waals surface area (Å²) in [5, 5.41) is 8.81. The lowest BCUT2D eigenvalue weighted by Crippen LogP contribution is -2.31. The van der Waals surface area contributed by atoms with Crippen LogP contribution < -0.4 is 11.2 Å². The second-order valence-corrected chi connectivity index (χ2v) is 4.45. The Kier molecular flexibility index (Phi) is 3.34. The molecule has 0 aliphatic rings. The largest absolute Gasteiger partial charge is 0.328 e. The molecule has 2 rings (SSSR count). The number of nitrogens with zero attached hydrogens (tertiary/aromatic N) is 2. The van der Waals surface area contributed by atoms with Crippen LogP contribution in [0.3, 0.4) is 0 Å². The SMILES string of the molecule is Cc1cc(C#N)ccc1Cn1cc(C)c(=O)[nH]c1=O. The summed E-state index contributed by atoms with van der Waals surface area (Å²) in [5.41, 5.74) is 2.16. The Balaban J connectivity index is 2.42. The summed E-state index contributed by atoms with van der Waals surface area (Å²) in [6.45, 7) is 3.91. The molecule has 1 N–H and O–H groups in total. The Labute approximate surface area is 109 Å². The first-order chi connectivity index (χ1) is 9.01. The fourth-order valence-electron chi connectivity index (χ4n) is 1.86. The van der Waals surface area contributed by atoms with Crippen LogP contribution in [0.25, 0.3) is 0 Å². The summed E-state index contributed by atoms with van der Waals surface area (Å²) in [6.07, 6.45) is 1.54. The fraction of sp³-hybridized carbons (Fsp3) is 0.214. The van der Waals surface area contributed by atoms with Crippen molar-refractivity contribution < 1.29 is 0 Å². The summed E-state index contributed by atoms with van der Waals surface area (Å²) in [5.74, 6) is 0. The molecule has 5 heteroatoms. The van der Waals surface area contributed by atoms with Crippen LogP contribution in [0.5, 0.6) is 0 Å². The number of aromatic nitrogens is 2. The third-order valence-electron chi connectivity index (χ3n) is 3.00.